The van der Waals surface area contributed by atoms with Crippen LogP contribution in [0.1, 0.15) is 37.4 Å². The van der Waals surface area contributed by atoms with E-state index in [0.717, 1.165) is 17.7 Å². The summed E-state index contributed by atoms with van der Waals surface area (Å²) in [4.78, 5) is 8.73. The van der Waals surface area contributed by atoms with E-state index < -0.39 is 0 Å². The Hall–Kier alpha value is -2.50. The van der Waals surface area contributed by atoms with Gasteiger partial charge in [-0.15, -0.1) is 0 Å². The molecule has 6 heteroatoms. The standard InChI is InChI=1S/C18H23N3O3/c1-11-6-7-12-13(10-18(2,3)24-14(12)8-11)19-17-20-15(22-4)9-16(21-17)23-5/h6-9,13H,10H2,1-5H3,(H,19,20,21). The van der Waals surface area contributed by atoms with Crippen molar-refractivity contribution in [2.45, 2.75) is 38.8 Å². The number of hydrogen-bond acceptors (Lipinski definition) is 6. The van der Waals surface area contributed by atoms with E-state index in [1.165, 1.54) is 5.56 Å². The molecule has 1 aromatic carbocycles. The molecule has 1 aliphatic rings. The molecule has 1 atom stereocenters. The van der Waals surface area contributed by atoms with Crippen LogP contribution in [-0.2, 0) is 0 Å². The van der Waals surface area contributed by atoms with Gasteiger partial charge in [-0.2, -0.15) is 9.97 Å². The molecule has 0 aliphatic carbocycles. The molecule has 0 amide bonds. The number of nitrogens with zero attached hydrogens (tertiary/aromatic N) is 2. The first kappa shape index (κ1) is 16.4. The Morgan fingerprint density at radius 1 is 1.12 bits per heavy atom. The molecule has 2 heterocycles. The average molecular weight is 329 g/mol. The molecule has 6 nitrogen and oxygen atoms in total. The van der Waals surface area contributed by atoms with E-state index in [1.807, 2.05) is 0 Å². The highest BCUT2D eigenvalue weighted by Gasteiger charge is 2.34. The number of methoxy groups -OCH3 is 2. The minimum absolute atomic E-state index is 0.0427. The van der Waals surface area contributed by atoms with E-state index in [-0.39, 0.29) is 11.6 Å². The van der Waals surface area contributed by atoms with Crippen molar-refractivity contribution in [2.75, 3.05) is 19.5 Å². The first-order chi connectivity index (χ1) is 11.4. The normalized spacial score (nSPS) is 18.3. The predicted molar refractivity (Wildman–Crippen MR) is 92.0 cm³/mol. The van der Waals surface area contributed by atoms with Crippen LogP contribution in [0.2, 0.25) is 0 Å². The number of nitrogens with one attached hydrogen (secondary N) is 1. The molecule has 0 spiro atoms. The summed E-state index contributed by atoms with van der Waals surface area (Å²) >= 11 is 0. The number of aryl methyl sites for hydroxylation is 1. The summed E-state index contributed by atoms with van der Waals surface area (Å²) in [6.07, 6.45) is 0.798. The maximum Gasteiger partial charge on any atom is 0.229 e. The minimum Gasteiger partial charge on any atom is -0.487 e. The number of anilines is 1. The molecule has 0 fully saturated rings. The fourth-order valence-corrected chi connectivity index (χ4v) is 2.92. The van der Waals surface area contributed by atoms with Crippen molar-refractivity contribution in [2.24, 2.45) is 0 Å². The van der Waals surface area contributed by atoms with Crippen molar-refractivity contribution in [1.29, 1.82) is 0 Å². The average Bonchev–Trinajstić information content (AvgIpc) is 2.52. The first-order valence-corrected chi connectivity index (χ1v) is 7.93. The second-order valence-corrected chi connectivity index (χ2v) is 6.58. The predicted octanol–water partition coefficient (Wildman–Crippen LogP) is 3.52. The van der Waals surface area contributed by atoms with E-state index in [9.17, 15) is 0 Å². The highest BCUT2D eigenvalue weighted by atomic mass is 16.5. The van der Waals surface area contributed by atoms with Crippen LogP contribution >= 0.6 is 0 Å². The molecule has 0 saturated carbocycles. The van der Waals surface area contributed by atoms with Crippen molar-refractivity contribution in [1.82, 2.24) is 9.97 Å². The molecule has 0 bridgehead atoms. The Labute approximate surface area is 142 Å². The van der Waals surface area contributed by atoms with Gasteiger partial charge in [-0.25, -0.2) is 0 Å². The third kappa shape index (κ3) is 3.37. The number of fused-ring (bicyclic) bond motifs is 1. The first-order valence-electron chi connectivity index (χ1n) is 7.93. The zero-order valence-electron chi connectivity index (χ0n) is 14.7. The van der Waals surface area contributed by atoms with Gasteiger partial charge in [-0.1, -0.05) is 12.1 Å². The van der Waals surface area contributed by atoms with Crippen LogP contribution < -0.4 is 19.5 Å². The van der Waals surface area contributed by atoms with Crippen LogP contribution in [-0.4, -0.2) is 29.8 Å². The van der Waals surface area contributed by atoms with E-state index in [4.69, 9.17) is 14.2 Å². The van der Waals surface area contributed by atoms with Gasteiger partial charge >= 0.3 is 0 Å². The van der Waals surface area contributed by atoms with Gasteiger partial charge in [0, 0.05) is 12.0 Å². The summed E-state index contributed by atoms with van der Waals surface area (Å²) in [5, 5.41) is 3.40. The SMILES string of the molecule is COc1cc(OC)nc(NC2CC(C)(C)Oc3cc(C)ccc32)n1. The quantitative estimate of drug-likeness (QED) is 0.926. The molecule has 1 aliphatic heterocycles. The maximum atomic E-state index is 6.13. The van der Waals surface area contributed by atoms with E-state index in [2.05, 4.69) is 54.3 Å². The van der Waals surface area contributed by atoms with Gasteiger partial charge in [0.1, 0.15) is 11.4 Å². The lowest BCUT2D eigenvalue weighted by Crippen LogP contribution is -2.37. The van der Waals surface area contributed by atoms with Gasteiger partial charge in [0.2, 0.25) is 17.7 Å². The van der Waals surface area contributed by atoms with E-state index in [1.54, 1.807) is 20.3 Å². The lowest BCUT2D eigenvalue weighted by atomic mass is 9.89. The molecular weight excluding hydrogens is 306 g/mol. The summed E-state index contributed by atoms with van der Waals surface area (Å²) in [5.41, 5.74) is 2.00. The van der Waals surface area contributed by atoms with E-state index in [0.29, 0.717) is 17.7 Å². The zero-order valence-corrected chi connectivity index (χ0v) is 14.7. The van der Waals surface area contributed by atoms with Gasteiger partial charge in [-0.3, -0.25) is 0 Å². The number of hydrogen-bond donors (Lipinski definition) is 1. The van der Waals surface area contributed by atoms with E-state index >= 15 is 0 Å². The monoisotopic (exact) mass is 329 g/mol. The largest absolute Gasteiger partial charge is 0.487 e. The molecular formula is C18H23N3O3. The van der Waals surface area contributed by atoms with Crippen LogP contribution in [0.15, 0.2) is 24.3 Å². The highest BCUT2D eigenvalue weighted by Crippen LogP contribution is 2.41. The van der Waals surface area contributed by atoms with Gasteiger partial charge in [0.25, 0.3) is 0 Å². The molecule has 2 aromatic rings. The van der Waals surface area contributed by atoms with Crippen molar-refractivity contribution >= 4 is 5.95 Å². The smallest absolute Gasteiger partial charge is 0.229 e. The second-order valence-electron chi connectivity index (χ2n) is 6.58. The van der Waals surface area contributed by atoms with Crippen LogP contribution in [0.25, 0.3) is 0 Å². The van der Waals surface area contributed by atoms with Crippen molar-refractivity contribution < 1.29 is 14.2 Å². The van der Waals surface area contributed by atoms with Gasteiger partial charge in [0.05, 0.1) is 26.3 Å². The fourth-order valence-electron chi connectivity index (χ4n) is 2.92. The molecule has 3 rings (SSSR count). The number of aromatic nitrogens is 2. The third-order valence-electron chi connectivity index (χ3n) is 4.03. The van der Waals surface area contributed by atoms with Crippen molar-refractivity contribution in [3.05, 3.63) is 35.4 Å². The Morgan fingerprint density at radius 2 is 1.79 bits per heavy atom. The van der Waals surface area contributed by atoms with Crippen molar-refractivity contribution in [3.8, 4) is 17.5 Å². The Balaban J connectivity index is 1.95. The highest BCUT2D eigenvalue weighted by molar-refractivity contribution is 5.46. The Kier molecular flexibility index (Phi) is 4.22. The fraction of sp³-hybridized carbons (Fsp3) is 0.444. The molecule has 128 valence electrons. The number of benzene rings is 1. The number of ether oxygens (including phenoxy) is 3. The number of rotatable bonds is 4. The minimum atomic E-state index is -0.276. The summed E-state index contributed by atoms with van der Waals surface area (Å²) in [6, 6.07) is 7.94. The summed E-state index contributed by atoms with van der Waals surface area (Å²) < 4.78 is 16.6. The molecule has 0 radical (unpaired) electrons. The lowest BCUT2D eigenvalue weighted by molar-refractivity contribution is 0.0757. The molecule has 1 aromatic heterocycles. The van der Waals surface area contributed by atoms with Gasteiger partial charge in [0.15, 0.2) is 0 Å². The van der Waals surface area contributed by atoms with Gasteiger partial charge < -0.3 is 19.5 Å². The summed E-state index contributed by atoms with van der Waals surface area (Å²) in [7, 11) is 3.14. The zero-order chi connectivity index (χ0) is 17.3. The van der Waals surface area contributed by atoms with Crippen LogP contribution in [0, 0.1) is 6.92 Å². The maximum absolute atomic E-state index is 6.13. The summed E-state index contributed by atoms with van der Waals surface area (Å²) in [6.45, 7) is 6.23. The summed E-state index contributed by atoms with van der Waals surface area (Å²) in [5.74, 6) is 2.29. The molecule has 1 unspecified atom stereocenters. The van der Waals surface area contributed by atoms with Crippen LogP contribution in [0.3, 0.4) is 0 Å². The molecule has 1 N–H and O–H groups in total. The van der Waals surface area contributed by atoms with Crippen LogP contribution in [0.4, 0.5) is 5.95 Å². The van der Waals surface area contributed by atoms with Gasteiger partial charge in [-0.05, 0) is 32.4 Å². The van der Waals surface area contributed by atoms with Crippen LogP contribution in [0.5, 0.6) is 17.5 Å². The third-order valence-corrected chi connectivity index (χ3v) is 4.03. The van der Waals surface area contributed by atoms with Crippen molar-refractivity contribution in [3.63, 3.8) is 0 Å². The second kappa shape index (κ2) is 6.19. The Morgan fingerprint density at radius 3 is 2.42 bits per heavy atom. The lowest BCUT2D eigenvalue weighted by Gasteiger charge is -2.38. The Bertz CT molecular complexity index is 724. The topological polar surface area (TPSA) is 65.5 Å². The molecule has 0 saturated heterocycles. The molecule has 24 heavy (non-hydrogen) atoms.